The van der Waals surface area contributed by atoms with Crippen LogP contribution in [-0.2, 0) is 4.74 Å². The van der Waals surface area contributed by atoms with E-state index in [0.29, 0.717) is 29.9 Å². The van der Waals surface area contributed by atoms with Crippen molar-refractivity contribution < 1.29 is 19.4 Å². The summed E-state index contributed by atoms with van der Waals surface area (Å²) in [6.07, 6.45) is 2.78. The number of aromatic nitrogens is 3. The minimum absolute atomic E-state index is 0.0735. The number of aryl methyl sites for hydroxylation is 1. The van der Waals surface area contributed by atoms with Gasteiger partial charge in [0, 0.05) is 25.1 Å². The fourth-order valence-corrected chi connectivity index (χ4v) is 3.78. The third-order valence-corrected chi connectivity index (χ3v) is 5.20. The smallest absolute Gasteiger partial charge is 0.410 e. The maximum Gasteiger partial charge on any atom is 0.410 e. The summed E-state index contributed by atoms with van der Waals surface area (Å²) >= 11 is 1.04. The van der Waals surface area contributed by atoms with E-state index in [1.165, 1.54) is 6.20 Å². The number of nitrogens with one attached hydrogen (secondary N) is 1. The van der Waals surface area contributed by atoms with Gasteiger partial charge in [0.25, 0.3) is 0 Å². The number of hydrogen-bond donors (Lipinski definition) is 2. The molecule has 1 fully saturated rings. The molecule has 0 spiro atoms. The Kier molecular flexibility index (Phi) is 6.02. The lowest BCUT2D eigenvalue weighted by molar-refractivity contribution is 0.0197. The molecule has 0 aliphatic carbocycles. The molecule has 3 heterocycles. The summed E-state index contributed by atoms with van der Waals surface area (Å²) in [5, 5.41) is 12.5. The standard InChI is InChI=1S/C19H25N5O4S/c1-11-21-13(8-15(22-11)23-17-20-9-14(29-17)16(25)26)12-6-5-7-24(10-12)18(27)28-19(2,3)4/h8-9,12H,5-7,10H2,1-4H3,(H,25,26)(H,20,21,22,23). The number of piperidine rings is 1. The number of ether oxygens (including phenoxy) is 1. The molecule has 2 N–H and O–H groups in total. The highest BCUT2D eigenvalue weighted by Gasteiger charge is 2.29. The first-order chi connectivity index (χ1) is 13.6. The number of rotatable bonds is 4. The lowest BCUT2D eigenvalue weighted by Crippen LogP contribution is -2.42. The molecular formula is C19H25N5O4S. The van der Waals surface area contributed by atoms with Gasteiger partial charge < -0.3 is 20.1 Å². The normalized spacial score (nSPS) is 17.1. The molecule has 29 heavy (non-hydrogen) atoms. The second-order valence-electron chi connectivity index (χ2n) is 7.95. The van der Waals surface area contributed by atoms with Gasteiger partial charge in [-0.1, -0.05) is 11.3 Å². The summed E-state index contributed by atoms with van der Waals surface area (Å²) in [5.74, 6) is 0.200. The molecular weight excluding hydrogens is 394 g/mol. The molecule has 1 saturated heterocycles. The number of hydrogen-bond acceptors (Lipinski definition) is 8. The zero-order valence-electron chi connectivity index (χ0n) is 16.9. The Hall–Kier alpha value is -2.75. The number of nitrogens with zero attached hydrogens (tertiary/aromatic N) is 4. The molecule has 0 aromatic carbocycles. The number of carboxylic acids is 1. The number of aromatic carboxylic acids is 1. The molecule has 0 bridgehead atoms. The fourth-order valence-electron chi connectivity index (χ4n) is 3.12. The van der Waals surface area contributed by atoms with E-state index in [-0.39, 0.29) is 16.9 Å². The SMILES string of the molecule is Cc1nc(Nc2ncc(C(=O)O)s2)cc(C2CCCN(C(=O)OC(C)(C)C)C2)n1. The first-order valence-corrected chi connectivity index (χ1v) is 10.2. The highest BCUT2D eigenvalue weighted by atomic mass is 32.1. The predicted molar refractivity (Wildman–Crippen MR) is 109 cm³/mol. The van der Waals surface area contributed by atoms with Crippen LogP contribution in [0.2, 0.25) is 0 Å². The Morgan fingerprint density at radius 1 is 1.34 bits per heavy atom. The number of amides is 1. The Morgan fingerprint density at radius 3 is 2.76 bits per heavy atom. The second kappa shape index (κ2) is 8.32. The number of carbonyl (C=O) groups excluding carboxylic acids is 1. The van der Waals surface area contributed by atoms with Crippen molar-refractivity contribution in [3.05, 3.63) is 28.7 Å². The summed E-state index contributed by atoms with van der Waals surface area (Å²) in [7, 11) is 0. The van der Waals surface area contributed by atoms with E-state index in [0.717, 1.165) is 29.9 Å². The van der Waals surface area contributed by atoms with Gasteiger partial charge in [-0.05, 0) is 40.5 Å². The highest BCUT2D eigenvalue weighted by Crippen LogP contribution is 2.29. The van der Waals surface area contributed by atoms with Crippen molar-refractivity contribution in [2.45, 2.75) is 52.1 Å². The van der Waals surface area contributed by atoms with Crippen LogP contribution < -0.4 is 5.32 Å². The number of thiazole rings is 1. The van der Waals surface area contributed by atoms with E-state index in [4.69, 9.17) is 9.84 Å². The molecule has 2 aromatic rings. The van der Waals surface area contributed by atoms with Crippen molar-refractivity contribution in [1.82, 2.24) is 19.9 Å². The van der Waals surface area contributed by atoms with E-state index in [1.807, 2.05) is 26.8 Å². The topological polar surface area (TPSA) is 118 Å². The zero-order valence-corrected chi connectivity index (χ0v) is 17.7. The minimum atomic E-state index is -1.01. The molecule has 1 atom stereocenters. The molecule has 10 heteroatoms. The third-order valence-electron chi connectivity index (χ3n) is 4.30. The van der Waals surface area contributed by atoms with Crippen molar-refractivity contribution in [3.63, 3.8) is 0 Å². The van der Waals surface area contributed by atoms with E-state index < -0.39 is 11.6 Å². The molecule has 3 rings (SSSR count). The second-order valence-corrected chi connectivity index (χ2v) is 8.98. The van der Waals surface area contributed by atoms with Gasteiger partial charge >= 0.3 is 12.1 Å². The van der Waals surface area contributed by atoms with E-state index >= 15 is 0 Å². The van der Waals surface area contributed by atoms with Gasteiger partial charge in [0.15, 0.2) is 5.13 Å². The van der Waals surface area contributed by atoms with Gasteiger partial charge in [0.1, 0.15) is 22.1 Å². The van der Waals surface area contributed by atoms with Gasteiger partial charge in [0.05, 0.1) is 11.9 Å². The van der Waals surface area contributed by atoms with Crippen molar-refractivity contribution in [2.24, 2.45) is 0 Å². The van der Waals surface area contributed by atoms with Crippen LogP contribution in [0.25, 0.3) is 0 Å². The van der Waals surface area contributed by atoms with Crippen molar-refractivity contribution in [1.29, 1.82) is 0 Å². The van der Waals surface area contributed by atoms with Crippen LogP contribution >= 0.6 is 11.3 Å². The van der Waals surface area contributed by atoms with E-state index in [9.17, 15) is 9.59 Å². The largest absolute Gasteiger partial charge is 0.477 e. The van der Waals surface area contributed by atoms with Crippen LogP contribution in [0.1, 0.15) is 60.7 Å². The van der Waals surface area contributed by atoms with Gasteiger partial charge in [-0.25, -0.2) is 24.5 Å². The third kappa shape index (κ3) is 5.63. The number of likely N-dealkylation sites (tertiary alicyclic amines) is 1. The molecule has 0 radical (unpaired) electrons. The summed E-state index contributed by atoms with van der Waals surface area (Å²) in [5.41, 5.74) is 0.304. The Labute approximate surface area is 173 Å². The number of carboxylic acid groups (broad SMARTS) is 1. The van der Waals surface area contributed by atoms with E-state index in [1.54, 1.807) is 11.8 Å². The Balaban J connectivity index is 1.74. The van der Waals surface area contributed by atoms with Gasteiger partial charge in [-0.2, -0.15) is 0 Å². The molecule has 0 saturated carbocycles. The first kappa shape index (κ1) is 21.0. The number of carbonyl (C=O) groups is 2. The van der Waals surface area contributed by atoms with Crippen LogP contribution in [0.3, 0.4) is 0 Å². The van der Waals surface area contributed by atoms with Gasteiger partial charge in [-0.15, -0.1) is 0 Å². The van der Waals surface area contributed by atoms with E-state index in [2.05, 4.69) is 20.3 Å². The molecule has 1 aliphatic heterocycles. The van der Waals surface area contributed by atoms with Gasteiger partial charge in [-0.3, -0.25) is 0 Å². The average molecular weight is 420 g/mol. The molecule has 2 aromatic heterocycles. The van der Waals surface area contributed by atoms with Crippen molar-refractivity contribution in [3.8, 4) is 0 Å². The maximum atomic E-state index is 12.4. The van der Waals surface area contributed by atoms with Crippen LogP contribution in [-0.4, -0.2) is 55.7 Å². The molecule has 1 unspecified atom stereocenters. The van der Waals surface area contributed by atoms with Crippen LogP contribution in [0.5, 0.6) is 0 Å². The lowest BCUT2D eigenvalue weighted by Gasteiger charge is -2.34. The van der Waals surface area contributed by atoms with Crippen molar-refractivity contribution >= 4 is 34.3 Å². The van der Waals surface area contributed by atoms with Crippen LogP contribution in [0.4, 0.5) is 15.7 Å². The fraction of sp³-hybridized carbons (Fsp3) is 0.526. The summed E-state index contributed by atoms with van der Waals surface area (Å²) in [6.45, 7) is 8.56. The highest BCUT2D eigenvalue weighted by molar-refractivity contribution is 7.17. The molecule has 1 amide bonds. The number of anilines is 2. The minimum Gasteiger partial charge on any atom is -0.477 e. The van der Waals surface area contributed by atoms with Crippen molar-refractivity contribution in [2.75, 3.05) is 18.4 Å². The predicted octanol–water partition coefficient (Wildman–Crippen LogP) is 3.80. The molecule has 9 nitrogen and oxygen atoms in total. The molecule has 156 valence electrons. The zero-order chi connectivity index (χ0) is 21.2. The lowest BCUT2D eigenvalue weighted by atomic mass is 9.94. The Morgan fingerprint density at radius 2 is 2.10 bits per heavy atom. The Bertz CT molecular complexity index is 908. The summed E-state index contributed by atoms with van der Waals surface area (Å²) in [4.78, 5) is 38.3. The molecule has 1 aliphatic rings. The summed E-state index contributed by atoms with van der Waals surface area (Å²) < 4.78 is 5.50. The monoisotopic (exact) mass is 419 g/mol. The van der Waals surface area contributed by atoms with Crippen LogP contribution in [0.15, 0.2) is 12.3 Å². The first-order valence-electron chi connectivity index (χ1n) is 9.40. The summed E-state index contributed by atoms with van der Waals surface area (Å²) in [6, 6.07) is 1.83. The average Bonchev–Trinajstić information content (AvgIpc) is 3.09. The maximum absolute atomic E-state index is 12.4. The van der Waals surface area contributed by atoms with Crippen LogP contribution in [0, 0.1) is 6.92 Å². The van der Waals surface area contributed by atoms with Gasteiger partial charge in [0.2, 0.25) is 0 Å². The quantitative estimate of drug-likeness (QED) is 0.768.